The summed E-state index contributed by atoms with van der Waals surface area (Å²) in [5.74, 6) is 1.78. The van der Waals surface area contributed by atoms with Crippen molar-refractivity contribution in [1.29, 1.82) is 0 Å². The SMILES string of the molecule is Cc1ccc(Oc2cccc(CNC(C)C)c2)cc1C. The molecule has 0 heterocycles. The Balaban J connectivity index is 2.08. The molecule has 20 heavy (non-hydrogen) atoms. The Kier molecular flexibility index (Phi) is 4.80. The van der Waals surface area contributed by atoms with Gasteiger partial charge in [-0.05, 0) is 54.8 Å². The summed E-state index contributed by atoms with van der Waals surface area (Å²) in [7, 11) is 0. The lowest BCUT2D eigenvalue weighted by atomic mass is 10.1. The topological polar surface area (TPSA) is 21.3 Å². The summed E-state index contributed by atoms with van der Waals surface area (Å²) in [6, 6.07) is 14.9. The van der Waals surface area contributed by atoms with Crippen LogP contribution in [0.1, 0.15) is 30.5 Å². The van der Waals surface area contributed by atoms with Crippen LogP contribution in [0.4, 0.5) is 0 Å². The van der Waals surface area contributed by atoms with E-state index in [0.717, 1.165) is 18.0 Å². The Labute approximate surface area is 121 Å². The molecule has 2 aromatic rings. The molecular formula is C18H23NO. The van der Waals surface area contributed by atoms with Gasteiger partial charge in [0, 0.05) is 12.6 Å². The van der Waals surface area contributed by atoms with Crippen molar-refractivity contribution in [2.24, 2.45) is 0 Å². The van der Waals surface area contributed by atoms with Gasteiger partial charge < -0.3 is 10.1 Å². The number of benzene rings is 2. The van der Waals surface area contributed by atoms with Gasteiger partial charge in [-0.3, -0.25) is 0 Å². The number of ether oxygens (including phenoxy) is 1. The maximum absolute atomic E-state index is 5.93. The number of hydrogen-bond acceptors (Lipinski definition) is 2. The fraction of sp³-hybridized carbons (Fsp3) is 0.333. The molecule has 0 unspecified atom stereocenters. The van der Waals surface area contributed by atoms with Crippen molar-refractivity contribution in [1.82, 2.24) is 5.32 Å². The Hall–Kier alpha value is -1.80. The molecule has 0 bridgehead atoms. The molecule has 2 heteroatoms. The van der Waals surface area contributed by atoms with Crippen LogP contribution >= 0.6 is 0 Å². The highest BCUT2D eigenvalue weighted by molar-refractivity contribution is 5.38. The van der Waals surface area contributed by atoms with E-state index >= 15 is 0 Å². The molecule has 0 aliphatic carbocycles. The molecule has 0 aromatic heterocycles. The zero-order valence-electron chi connectivity index (χ0n) is 12.7. The zero-order chi connectivity index (χ0) is 14.5. The first-order valence-corrected chi connectivity index (χ1v) is 7.12. The van der Waals surface area contributed by atoms with Crippen LogP contribution in [0.25, 0.3) is 0 Å². The summed E-state index contributed by atoms with van der Waals surface area (Å²) in [6.07, 6.45) is 0. The van der Waals surface area contributed by atoms with E-state index in [-0.39, 0.29) is 0 Å². The van der Waals surface area contributed by atoms with E-state index in [2.05, 4.69) is 57.3 Å². The second-order valence-corrected chi connectivity index (χ2v) is 5.53. The van der Waals surface area contributed by atoms with Crippen LogP contribution in [-0.4, -0.2) is 6.04 Å². The predicted molar refractivity (Wildman–Crippen MR) is 84.4 cm³/mol. The molecule has 0 spiro atoms. The number of rotatable bonds is 5. The van der Waals surface area contributed by atoms with Crippen LogP contribution in [0.15, 0.2) is 42.5 Å². The summed E-state index contributed by atoms with van der Waals surface area (Å²) < 4.78 is 5.93. The average Bonchev–Trinajstić information content (AvgIpc) is 2.41. The molecule has 0 fully saturated rings. The first kappa shape index (κ1) is 14.6. The molecule has 2 rings (SSSR count). The first-order chi connectivity index (χ1) is 9.54. The maximum atomic E-state index is 5.93. The van der Waals surface area contributed by atoms with E-state index < -0.39 is 0 Å². The summed E-state index contributed by atoms with van der Waals surface area (Å²) in [4.78, 5) is 0. The van der Waals surface area contributed by atoms with Gasteiger partial charge in [0.05, 0.1) is 0 Å². The molecule has 0 radical (unpaired) electrons. The molecule has 0 saturated heterocycles. The third-order valence-corrected chi connectivity index (χ3v) is 3.33. The molecule has 0 saturated carbocycles. The van der Waals surface area contributed by atoms with Crippen LogP contribution in [-0.2, 0) is 6.54 Å². The van der Waals surface area contributed by atoms with E-state index in [9.17, 15) is 0 Å². The number of hydrogen-bond donors (Lipinski definition) is 1. The minimum Gasteiger partial charge on any atom is -0.457 e. The van der Waals surface area contributed by atoms with Gasteiger partial charge in [-0.25, -0.2) is 0 Å². The molecule has 0 aliphatic rings. The van der Waals surface area contributed by atoms with Crippen molar-refractivity contribution in [3.05, 3.63) is 59.2 Å². The first-order valence-electron chi connectivity index (χ1n) is 7.12. The van der Waals surface area contributed by atoms with Gasteiger partial charge in [0.15, 0.2) is 0 Å². The maximum Gasteiger partial charge on any atom is 0.127 e. The highest BCUT2D eigenvalue weighted by Crippen LogP contribution is 2.24. The second-order valence-electron chi connectivity index (χ2n) is 5.53. The normalized spacial score (nSPS) is 10.8. The van der Waals surface area contributed by atoms with Gasteiger partial charge in [0.25, 0.3) is 0 Å². The van der Waals surface area contributed by atoms with Crippen LogP contribution in [0.3, 0.4) is 0 Å². The molecular weight excluding hydrogens is 246 g/mol. The Morgan fingerprint density at radius 1 is 0.950 bits per heavy atom. The molecule has 2 nitrogen and oxygen atoms in total. The van der Waals surface area contributed by atoms with Crippen molar-refractivity contribution in [3.63, 3.8) is 0 Å². The number of nitrogens with one attached hydrogen (secondary N) is 1. The van der Waals surface area contributed by atoms with Gasteiger partial charge in [-0.1, -0.05) is 32.0 Å². The Morgan fingerprint density at radius 3 is 2.40 bits per heavy atom. The van der Waals surface area contributed by atoms with Crippen molar-refractivity contribution in [3.8, 4) is 11.5 Å². The van der Waals surface area contributed by atoms with Crippen LogP contribution < -0.4 is 10.1 Å². The fourth-order valence-electron chi connectivity index (χ4n) is 1.95. The third-order valence-electron chi connectivity index (χ3n) is 3.33. The fourth-order valence-corrected chi connectivity index (χ4v) is 1.95. The highest BCUT2D eigenvalue weighted by atomic mass is 16.5. The summed E-state index contributed by atoms with van der Waals surface area (Å²) >= 11 is 0. The highest BCUT2D eigenvalue weighted by Gasteiger charge is 2.01. The van der Waals surface area contributed by atoms with Crippen molar-refractivity contribution < 1.29 is 4.74 Å². The molecule has 2 aromatic carbocycles. The van der Waals surface area contributed by atoms with Crippen molar-refractivity contribution in [2.45, 2.75) is 40.3 Å². The molecule has 1 N–H and O–H groups in total. The van der Waals surface area contributed by atoms with E-state index in [1.54, 1.807) is 0 Å². The molecule has 0 atom stereocenters. The summed E-state index contributed by atoms with van der Waals surface area (Å²) in [5, 5.41) is 3.41. The monoisotopic (exact) mass is 269 g/mol. The van der Waals surface area contributed by atoms with Crippen molar-refractivity contribution in [2.75, 3.05) is 0 Å². The minimum atomic E-state index is 0.485. The predicted octanol–water partition coefficient (Wildman–Crippen LogP) is 4.59. The smallest absolute Gasteiger partial charge is 0.127 e. The van der Waals surface area contributed by atoms with Gasteiger partial charge in [0.1, 0.15) is 11.5 Å². The largest absolute Gasteiger partial charge is 0.457 e. The molecule has 0 aliphatic heterocycles. The summed E-state index contributed by atoms with van der Waals surface area (Å²) in [6.45, 7) is 9.37. The third kappa shape index (κ3) is 4.10. The van der Waals surface area contributed by atoms with E-state index in [0.29, 0.717) is 6.04 Å². The van der Waals surface area contributed by atoms with Crippen molar-refractivity contribution >= 4 is 0 Å². The van der Waals surface area contributed by atoms with Gasteiger partial charge in [0.2, 0.25) is 0 Å². The second kappa shape index (κ2) is 6.58. The number of aryl methyl sites for hydroxylation is 2. The van der Waals surface area contributed by atoms with E-state index in [4.69, 9.17) is 4.74 Å². The lowest BCUT2D eigenvalue weighted by Crippen LogP contribution is -2.21. The van der Waals surface area contributed by atoms with Crippen LogP contribution in [0.5, 0.6) is 11.5 Å². The zero-order valence-corrected chi connectivity index (χ0v) is 12.7. The standard InChI is InChI=1S/C18H23NO/c1-13(2)19-12-16-6-5-7-17(11-16)20-18-9-8-14(3)15(4)10-18/h5-11,13,19H,12H2,1-4H3. The quantitative estimate of drug-likeness (QED) is 0.857. The van der Waals surface area contributed by atoms with Gasteiger partial charge in [-0.2, -0.15) is 0 Å². The Morgan fingerprint density at radius 2 is 1.70 bits per heavy atom. The minimum absolute atomic E-state index is 0.485. The summed E-state index contributed by atoms with van der Waals surface area (Å²) in [5.41, 5.74) is 3.77. The van der Waals surface area contributed by atoms with Gasteiger partial charge >= 0.3 is 0 Å². The lowest BCUT2D eigenvalue weighted by Gasteiger charge is -2.11. The molecule has 0 amide bonds. The Bertz CT molecular complexity index is 575. The van der Waals surface area contributed by atoms with Crippen LogP contribution in [0.2, 0.25) is 0 Å². The van der Waals surface area contributed by atoms with Crippen LogP contribution in [0, 0.1) is 13.8 Å². The average molecular weight is 269 g/mol. The van der Waals surface area contributed by atoms with E-state index in [1.807, 2.05) is 18.2 Å². The van der Waals surface area contributed by atoms with Gasteiger partial charge in [-0.15, -0.1) is 0 Å². The lowest BCUT2D eigenvalue weighted by molar-refractivity contribution is 0.480. The molecule has 106 valence electrons. The van der Waals surface area contributed by atoms with E-state index in [1.165, 1.54) is 16.7 Å².